The van der Waals surface area contributed by atoms with Crippen molar-refractivity contribution in [2.75, 3.05) is 26.2 Å². The zero-order valence-corrected chi connectivity index (χ0v) is 11.8. The maximum Gasteiger partial charge on any atom is 0.330 e. The van der Waals surface area contributed by atoms with Crippen LogP contribution in [-0.4, -0.2) is 37.1 Å². The van der Waals surface area contributed by atoms with E-state index in [-0.39, 0.29) is 18.4 Å². The van der Waals surface area contributed by atoms with Crippen LogP contribution in [0.1, 0.15) is 34.1 Å². The largest absolute Gasteiger partial charge is 0.463 e. The summed E-state index contributed by atoms with van der Waals surface area (Å²) in [6.45, 7) is 15.8. The Bertz CT molecular complexity index is 154. The van der Waals surface area contributed by atoms with Gasteiger partial charge < -0.3 is 9.64 Å². The van der Waals surface area contributed by atoms with Crippen LogP contribution in [-0.2, 0) is 9.53 Å². The van der Waals surface area contributed by atoms with Gasteiger partial charge in [0, 0.05) is 6.08 Å². The second kappa shape index (κ2) is 16.9. The van der Waals surface area contributed by atoms with Crippen LogP contribution in [0.4, 0.5) is 0 Å². The lowest BCUT2D eigenvalue weighted by atomic mass is 10.5. The second-order valence-corrected chi connectivity index (χ2v) is 2.99. The number of hydrogen-bond acceptors (Lipinski definition) is 3. The van der Waals surface area contributed by atoms with E-state index in [0.717, 1.165) is 12.5 Å². The molecular formula is C12H26ClNO2. The smallest absolute Gasteiger partial charge is 0.330 e. The van der Waals surface area contributed by atoms with Crippen LogP contribution < -0.4 is 0 Å². The zero-order valence-electron chi connectivity index (χ0n) is 11.0. The number of nitrogens with zero attached hydrogens (tertiary/aromatic N) is 1. The predicted molar refractivity (Wildman–Crippen MR) is 72.2 cm³/mol. The van der Waals surface area contributed by atoms with Gasteiger partial charge in [-0.2, -0.15) is 0 Å². The third-order valence-corrected chi connectivity index (χ3v) is 1.96. The molecule has 0 aromatic carbocycles. The summed E-state index contributed by atoms with van der Waals surface area (Å²) in [4.78, 5) is 12.6. The van der Waals surface area contributed by atoms with Gasteiger partial charge in [-0.3, -0.25) is 0 Å². The van der Waals surface area contributed by atoms with E-state index in [1.165, 1.54) is 19.6 Å². The monoisotopic (exact) mass is 251 g/mol. The minimum Gasteiger partial charge on any atom is -0.463 e. The van der Waals surface area contributed by atoms with E-state index in [0.29, 0.717) is 6.61 Å². The van der Waals surface area contributed by atoms with Crippen LogP contribution in [0, 0.1) is 0 Å². The molecule has 0 N–H and O–H groups in total. The fourth-order valence-corrected chi connectivity index (χ4v) is 0.932. The van der Waals surface area contributed by atoms with Gasteiger partial charge in [-0.15, -0.1) is 12.4 Å². The number of esters is 1. The maximum absolute atomic E-state index is 10.2. The number of carbonyl (C=O) groups is 1. The molecule has 0 rings (SSSR count). The molecule has 98 valence electrons. The highest BCUT2D eigenvalue weighted by Crippen LogP contribution is 1.82. The van der Waals surface area contributed by atoms with Crippen LogP contribution >= 0.6 is 12.4 Å². The Kier molecular flexibility index (Phi) is 22.0. The lowest BCUT2D eigenvalue weighted by Gasteiger charge is -2.13. The summed E-state index contributed by atoms with van der Waals surface area (Å²) >= 11 is 0. The molecule has 0 fully saturated rings. The first-order valence-electron chi connectivity index (χ1n) is 5.67. The van der Waals surface area contributed by atoms with Crippen molar-refractivity contribution >= 4 is 18.4 Å². The minimum absolute atomic E-state index is 0. The Balaban J connectivity index is -0.000000200. The molecule has 0 saturated carbocycles. The Hall–Kier alpha value is -0.540. The maximum atomic E-state index is 10.2. The number of hydrogen-bond donors (Lipinski definition) is 0. The number of rotatable bonds is 6. The Labute approximate surface area is 106 Å². The lowest BCUT2D eigenvalue weighted by molar-refractivity contribution is -0.137. The normalized spacial score (nSPS) is 8.56. The van der Waals surface area contributed by atoms with Crippen LogP contribution in [0.2, 0.25) is 0 Å². The van der Waals surface area contributed by atoms with Gasteiger partial charge in [-0.25, -0.2) is 4.79 Å². The minimum atomic E-state index is -0.341. The van der Waals surface area contributed by atoms with Crippen LogP contribution in [0.5, 0.6) is 0 Å². The molecule has 16 heavy (non-hydrogen) atoms. The number of ether oxygens (including phenoxy) is 1. The third-order valence-electron chi connectivity index (χ3n) is 1.96. The Morgan fingerprint density at radius 1 is 1.19 bits per heavy atom. The number of halogens is 1. The van der Waals surface area contributed by atoms with Crippen molar-refractivity contribution in [1.82, 2.24) is 4.90 Å². The molecule has 0 spiro atoms. The summed E-state index contributed by atoms with van der Waals surface area (Å²) in [7, 11) is 0. The highest BCUT2D eigenvalue weighted by Gasteiger charge is 1.89. The second-order valence-electron chi connectivity index (χ2n) is 2.99. The zero-order chi connectivity index (χ0) is 12.1. The Morgan fingerprint density at radius 3 is 1.81 bits per heavy atom. The molecule has 0 bridgehead atoms. The van der Waals surface area contributed by atoms with Gasteiger partial charge >= 0.3 is 5.97 Å². The first kappa shape index (κ1) is 20.8. The third kappa shape index (κ3) is 15.9. The van der Waals surface area contributed by atoms with E-state index < -0.39 is 0 Å². The lowest BCUT2D eigenvalue weighted by Crippen LogP contribution is -2.21. The van der Waals surface area contributed by atoms with Gasteiger partial charge in [0.15, 0.2) is 0 Å². The SMILES string of the molecule is C=CC(=O)OCCC.CCN(CC)CC.Cl. The topological polar surface area (TPSA) is 29.5 Å². The average molecular weight is 252 g/mol. The van der Waals surface area contributed by atoms with Gasteiger partial charge in [0.05, 0.1) is 6.61 Å². The predicted octanol–water partition coefficient (Wildman–Crippen LogP) is 2.90. The van der Waals surface area contributed by atoms with E-state index in [2.05, 4.69) is 37.0 Å². The highest BCUT2D eigenvalue weighted by atomic mass is 35.5. The fraction of sp³-hybridized carbons (Fsp3) is 0.750. The fourth-order valence-electron chi connectivity index (χ4n) is 0.932. The molecule has 0 saturated heterocycles. The van der Waals surface area contributed by atoms with Crippen molar-refractivity contribution in [1.29, 1.82) is 0 Å². The van der Waals surface area contributed by atoms with Gasteiger partial charge in [-0.1, -0.05) is 34.3 Å². The van der Waals surface area contributed by atoms with Crippen molar-refractivity contribution in [3.05, 3.63) is 12.7 Å². The molecular weight excluding hydrogens is 226 g/mol. The van der Waals surface area contributed by atoms with Crippen molar-refractivity contribution in [3.8, 4) is 0 Å². The quantitative estimate of drug-likeness (QED) is 0.537. The van der Waals surface area contributed by atoms with Gasteiger partial charge in [0.25, 0.3) is 0 Å². The molecule has 0 aliphatic heterocycles. The van der Waals surface area contributed by atoms with Crippen molar-refractivity contribution in [2.45, 2.75) is 34.1 Å². The van der Waals surface area contributed by atoms with E-state index >= 15 is 0 Å². The summed E-state index contributed by atoms with van der Waals surface area (Å²) in [5.74, 6) is -0.341. The summed E-state index contributed by atoms with van der Waals surface area (Å²) in [5.41, 5.74) is 0. The molecule has 0 unspecified atom stereocenters. The van der Waals surface area contributed by atoms with E-state index in [1.807, 2.05) is 6.92 Å². The molecule has 0 aliphatic carbocycles. The first-order valence-corrected chi connectivity index (χ1v) is 5.67. The molecule has 4 heteroatoms. The van der Waals surface area contributed by atoms with E-state index in [9.17, 15) is 4.79 Å². The molecule has 0 radical (unpaired) electrons. The Morgan fingerprint density at radius 2 is 1.62 bits per heavy atom. The molecule has 0 aromatic heterocycles. The van der Waals surface area contributed by atoms with Crippen LogP contribution in [0.25, 0.3) is 0 Å². The van der Waals surface area contributed by atoms with E-state index in [1.54, 1.807) is 0 Å². The molecule has 0 aromatic rings. The standard InChI is InChI=1S/C6H15N.C6H10O2.ClH/c1-4-7(5-2)6-3;1-3-5-8-6(7)4-2;/h4-6H2,1-3H3;4H,2-3,5H2,1H3;1H. The van der Waals surface area contributed by atoms with Gasteiger partial charge in [0.1, 0.15) is 0 Å². The van der Waals surface area contributed by atoms with Crippen molar-refractivity contribution in [2.24, 2.45) is 0 Å². The summed E-state index contributed by atoms with van der Waals surface area (Å²) < 4.78 is 4.58. The molecule has 0 aliphatic rings. The molecule has 0 amide bonds. The average Bonchev–Trinajstić information content (AvgIpc) is 2.29. The van der Waals surface area contributed by atoms with Crippen LogP contribution in [0.3, 0.4) is 0 Å². The summed E-state index contributed by atoms with van der Waals surface area (Å²) in [5, 5.41) is 0. The molecule has 0 heterocycles. The van der Waals surface area contributed by atoms with Gasteiger partial charge in [-0.05, 0) is 26.1 Å². The molecule has 3 nitrogen and oxygen atoms in total. The van der Waals surface area contributed by atoms with Gasteiger partial charge in [0.2, 0.25) is 0 Å². The van der Waals surface area contributed by atoms with E-state index in [4.69, 9.17) is 0 Å². The first-order chi connectivity index (χ1) is 7.15. The summed E-state index contributed by atoms with van der Waals surface area (Å²) in [6.07, 6.45) is 2.02. The number of carbonyl (C=O) groups excluding carboxylic acids is 1. The van der Waals surface area contributed by atoms with Crippen molar-refractivity contribution in [3.63, 3.8) is 0 Å². The van der Waals surface area contributed by atoms with Crippen LogP contribution in [0.15, 0.2) is 12.7 Å². The molecule has 0 atom stereocenters. The summed E-state index contributed by atoms with van der Waals surface area (Å²) in [6, 6.07) is 0. The highest BCUT2D eigenvalue weighted by molar-refractivity contribution is 5.85. The van der Waals surface area contributed by atoms with Crippen molar-refractivity contribution < 1.29 is 9.53 Å².